The summed E-state index contributed by atoms with van der Waals surface area (Å²) in [6.45, 7) is 0. The van der Waals surface area contributed by atoms with Gasteiger partial charge in [-0.25, -0.2) is 19.9 Å². The van der Waals surface area contributed by atoms with Crippen molar-refractivity contribution in [3.63, 3.8) is 0 Å². The Balaban J connectivity index is 0.000000139. The zero-order chi connectivity index (χ0) is 22.8. The standard InChI is InChI=1S/C13H10IN3.C12H8IN3/c1-17-7-11(12-4-5-15-8-16-12)10-6-9(14)2-3-13(10)17;13-8-1-2-11-9(5-8)10(6-15-11)12-3-4-14-7-16-12/h2-8H,1H3;1-7,15H. The van der Waals surface area contributed by atoms with Gasteiger partial charge in [-0.2, -0.15) is 0 Å². The lowest BCUT2D eigenvalue weighted by molar-refractivity contribution is 0.969. The summed E-state index contributed by atoms with van der Waals surface area (Å²) < 4.78 is 4.58. The van der Waals surface area contributed by atoms with E-state index in [2.05, 4.69) is 124 Å². The molecule has 0 unspecified atom stereocenters. The van der Waals surface area contributed by atoms with Crippen molar-refractivity contribution in [2.75, 3.05) is 0 Å². The quantitative estimate of drug-likeness (QED) is 0.217. The molecule has 4 heterocycles. The lowest BCUT2D eigenvalue weighted by atomic mass is 10.1. The Morgan fingerprint density at radius 1 is 0.758 bits per heavy atom. The molecule has 33 heavy (non-hydrogen) atoms. The average molecular weight is 656 g/mol. The number of aromatic amines is 1. The SMILES string of the molecule is Cn1cc(-c2ccncn2)c2cc(I)ccc21.Ic1ccc2[nH]cc(-c3ccncn3)c2c1. The minimum Gasteiger partial charge on any atom is -0.360 e. The van der Waals surface area contributed by atoms with Crippen molar-refractivity contribution < 1.29 is 0 Å². The van der Waals surface area contributed by atoms with E-state index in [9.17, 15) is 0 Å². The topological polar surface area (TPSA) is 72.3 Å². The van der Waals surface area contributed by atoms with Crippen LogP contribution in [0.25, 0.3) is 44.3 Å². The van der Waals surface area contributed by atoms with Gasteiger partial charge in [0.25, 0.3) is 0 Å². The largest absolute Gasteiger partial charge is 0.360 e. The number of rotatable bonds is 2. The van der Waals surface area contributed by atoms with Crippen LogP contribution in [0.15, 0.2) is 86.0 Å². The zero-order valence-electron chi connectivity index (χ0n) is 17.6. The Hall–Kier alpha value is -2.86. The van der Waals surface area contributed by atoms with Crippen molar-refractivity contribution >= 4 is 67.0 Å². The number of nitrogens with one attached hydrogen (secondary N) is 1. The van der Waals surface area contributed by atoms with Crippen molar-refractivity contribution in [3.05, 3.63) is 93.1 Å². The summed E-state index contributed by atoms with van der Waals surface area (Å²) in [5, 5.41) is 2.43. The molecule has 162 valence electrons. The Bertz CT molecular complexity index is 1540. The average Bonchev–Trinajstić information content (AvgIpc) is 3.41. The van der Waals surface area contributed by atoms with Gasteiger partial charge in [0.15, 0.2) is 0 Å². The number of nitrogens with zero attached hydrogens (tertiary/aromatic N) is 5. The fraction of sp³-hybridized carbons (Fsp3) is 0.0400. The highest BCUT2D eigenvalue weighted by atomic mass is 127. The first-order chi connectivity index (χ1) is 16.1. The molecule has 0 saturated carbocycles. The molecule has 0 spiro atoms. The van der Waals surface area contributed by atoms with Gasteiger partial charge < -0.3 is 9.55 Å². The fourth-order valence-corrected chi connectivity index (χ4v) is 4.76. The second kappa shape index (κ2) is 9.56. The van der Waals surface area contributed by atoms with Gasteiger partial charge in [0.05, 0.1) is 11.4 Å². The highest BCUT2D eigenvalue weighted by Gasteiger charge is 2.09. The molecule has 8 heteroatoms. The van der Waals surface area contributed by atoms with Gasteiger partial charge in [-0.1, -0.05) is 0 Å². The second-order valence-corrected chi connectivity index (χ2v) is 9.89. The molecular weight excluding hydrogens is 638 g/mol. The first-order valence-electron chi connectivity index (χ1n) is 10.1. The Morgan fingerprint density at radius 3 is 2.06 bits per heavy atom. The van der Waals surface area contributed by atoms with E-state index < -0.39 is 0 Å². The molecule has 0 amide bonds. The van der Waals surface area contributed by atoms with Gasteiger partial charge >= 0.3 is 0 Å². The van der Waals surface area contributed by atoms with E-state index in [1.165, 1.54) is 23.4 Å². The molecule has 4 aromatic heterocycles. The van der Waals surface area contributed by atoms with Crippen LogP contribution in [0.1, 0.15) is 0 Å². The van der Waals surface area contributed by atoms with E-state index in [0.29, 0.717) is 0 Å². The number of fused-ring (bicyclic) bond motifs is 2. The van der Waals surface area contributed by atoms with Crippen LogP contribution >= 0.6 is 45.2 Å². The molecule has 0 radical (unpaired) electrons. The number of hydrogen-bond acceptors (Lipinski definition) is 4. The Kier molecular flexibility index (Phi) is 6.36. The minimum absolute atomic E-state index is 0.947. The highest BCUT2D eigenvalue weighted by molar-refractivity contribution is 14.1. The molecule has 0 fully saturated rings. The smallest absolute Gasteiger partial charge is 0.116 e. The van der Waals surface area contributed by atoms with Crippen molar-refractivity contribution in [1.29, 1.82) is 0 Å². The molecule has 2 aromatic carbocycles. The van der Waals surface area contributed by atoms with E-state index >= 15 is 0 Å². The van der Waals surface area contributed by atoms with Crippen LogP contribution in [0.2, 0.25) is 0 Å². The summed E-state index contributed by atoms with van der Waals surface area (Å²) in [6.07, 6.45) is 10.8. The maximum atomic E-state index is 4.32. The van der Waals surface area contributed by atoms with Gasteiger partial charge in [-0.15, -0.1) is 0 Å². The van der Waals surface area contributed by atoms with Crippen LogP contribution in [-0.4, -0.2) is 29.5 Å². The minimum atomic E-state index is 0.947. The highest BCUT2D eigenvalue weighted by Crippen LogP contribution is 2.30. The maximum absolute atomic E-state index is 4.32. The number of hydrogen-bond donors (Lipinski definition) is 1. The summed E-state index contributed by atoms with van der Waals surface area (Å²) in [5.41, 5.74) is 6.54. The number of aromatic nitrogens is 6. The fourth-order valence-electron chi connectivity index (χ4n) is 3.77. The maximum Gasteiger partial charge on any atom is 0.116 e. The first kappa shape index (κ1) is 22.0. The number of aryl methyl sites for hydroxylation is 1. The molecule has 6 nitrogen and oxygen atoms in total. The molecule has 0 aliphatic heterocycles. The van der Waals surface area contributed by atoms with Crippen molar-refractivity contribution in [2.45, 2.75) is 0 Å². The molecule has 0 atom stereocenters. The van der Waals surface area contributed by atoms with Crippen molar-refractivity contribution in [2.24, 2.45) is 7.05 Å². The molecule has 1 N–H and O–H groups in total. The molecule has 6 rings (SSSR count). The molecular formula is C25H18I2N6. The van der Waals surface area contributed by atoms with Crippen LogP contribution in [0, 0.1) is 7.14 Å². The Labute approximate surface area is 217 Å². The van der Waals surface area contributed by atoms with E-state index in [0.717, 1.165) is 28.0 Å². The third kappa shape index (κ3) is 4.62. The summed E-state index contributed by atoms with van der Waals surface area (Å²) in [4.78, 5) is 19.7. The molecule has 0 aliphatic rings. The number of halogens is 2. The van der Waals surface area contributed by atoms with Gasteiger partial charge in [0.2, 0.25) is 0 Å². The lowest BCUT2D eigenvalue weighted by Gasteiger charge is -1.98. The number of benzene rings is 2. The third-order valence-corrected chi connectivity index (χ3v) is 6.65. The second-order valence-electron chi connectivity index (χ2n) is 7.40. The van der Waals surface area contributed by atoms with E-state index in [-0.39, 0.29) is 0 Å². The van der Waals surface area contributed by atoms with Gasteiger partial charge in [0.1, 0.15) is 12.7 Å². The van der Waals surface area contributed by atoms with Crippen LogP contribution < -0.4 is 0 Å². The van der Waals surface area contributed by atoms with Crippen LogP contribution in [0.5, 0.6) is 0 Å². The first-order valence-corrected chi connectivity index (χ1v) is 12.3. The summed E-state index contributed by atoms with van der Waals surface area (Å²) >= 11 is 4.65. The monoisotopic (exact) mass is 656 g/mol. The van der Waals surface area contributed by atoms with Crippen LogP contribution in [0.3, 0.4) is 0 Å². The van der Waals surface area contributed by atoms with Gasteiger partial charge in [0, 0.05) is 71.9 Å². The van der Waals surface area contributed by atoms with Gasteiger partial charge in [-0.3, -0.25) is 0 Å². The lowest BCUT2D eigenvalue weighted by Crippen LogP contribution is -1.83. The predicted octanol–water partition coefficient (Wildman–Crippen LogP) is 6.47. The summed E-state index contributed by atoms with van der Waals surface area (Å²) in [6, 6.07) is 16.6. The molecule has 0 saturated heterocycles. The summed E-state index contributed by atoms with van der Waals surface area (Å²) in [5.74, 6) is 0. The molecule has 6 aromatic rings. The zero-order valence-corrected chi connectivity index (χ0v) is 21.9. The van der Waals surface area contributed by atoms with E-state index in [4.69, 9.17) is 0 Å². The van der Waals surface area contributed by atoms with E-state index in [1.807, 2.05) is 18.3 Å². The molecule has 0 aliphatic carbocycles. The van der Waals surface area contributed by atoms with E-state index in [1.54, 1.807) is 25.0 Å². The molecule has 0 bridgehead atoms. The van der Waals surface area contributed by atoms with Gasteiger partial charge in [-0.05, 0) is 93.7 Å². The Morgan fingerprint density at radius 2 is 1.39 bits per heavy atom. The normalized spacial score (nSPS) is 10.9. The van der Waals surface area contributed by atoms with Crippen LogP contribution in [0.4, 0.5) is 0 Å². The predicted molar refractivity (Wildman–Crippen MR) is 149 cm³/mol. The van der Waals surface area contributed by atoms with Crippen molar-refractivity contribution in [1.82, 2.24) is 29.5 Å². The number of H-pyrrole nitrogens is 1. The third-order valence-electron chi connectivity index (χ3n) is 5.31. The van der Waals surface area contributed by atoms with Crippen LogP contribution in [-0.2, 0) is 7.05 Å². The van der Waals surface area contributed by atoms with Crippen molar-refractivity contribution in [3.8, 4) is 22.5 Å². The summed E-state index contributed by atoms with van der Waals surface area (Å²) in [7, 11) is 2.06.